The van der Waals surface area contributed by atoms with Crippen LogP contribution in [0.25, 0.3) is 0 Å². The average Bonchev–Trinajstić information content (AvgIpc) is 2.40. The molecule has 1 aromatic heterocycles. The maximum Gasteiger partial charge on any atom is 0.297 e. The molecule has 19 heavy (non-hydrogen) atoms. The first-order valence-electron chi connectivity index (χ1n) is 5.78. The molecule has 0 radical (unpaired) electrons. The van der Waals surface area contributed by atoms with Gasteiger partial charge in [-0.05, 0) is 7.05 Å². The quantitative estimate of drug-likeness (QED) is 0.622. The molecule has 0 atom stereocenters. The Morgan fingerprint density at radius 1 is 1.21 bits per heavy atom. The van der Waals surface area contributed by atoms with Crippen LogP contribution in [0.2, 0.25) is 0 Å². The Morgan fingerprint density at radius 2 is 1.84 bits per heavy atom. The van der Waals surface area contributed by atoms with Crippen molar-refractivity contribution in [1.29, 1.82) is 0 Å². The van der Waals surface area contributed by atoms with Crippen LogP contribution in [-0.2, 0) is 0 Å². The molecule has 0 amide bonds. The molecule has 0 unspecified atom stereocenters. The third-order valence-electron chi connectivity index (χ3n) is 2.99. The van der Waals surface area contributed by atoms with E-state index >= 15 is 0 Å². The zero-order chi connectivity index (χ0) is 14.0. The minimum absolute atomic E-state index is 0.133. The number of likely N-dealkylation sites (N-methyl/N-ethyl adjacent to an activating group) is 1. The van der Waals surface area contributed by atoms with Crippen LogP contribution in [0.3, 0.4) is 0 Å². The molecule has 3 N–H and O–H groups in total. The van der Waals surface area contributed by atoms with Gasteiger partial charge in [0.25, 0.3) is 6.43 Å². The van der Waals surface area contributed by atoms with Crippen LogP contribution in [0.1, 0.15) is 12.2 Å². The smallest absolute Gasteiger partial charge is 0.297 e. The van der Waals surface area contributed by atoms with Gasteiger partial charge in [-0.3, -0.25) is 0 Å². The molecule has 1 aliphatic rings. The first-order chi connectivity index (χ1) is 9.02. The summed E-state index contributed by atoms with van der Waals surface area (Å²) in [5.41, 5.74) is 1.98. The van der Waals surface area contributed by atoms with E-state index in [4.69, 9.17) is 5.84 Å². The van der Waals surface area contributed by atoms with E-state index in [0.29, 0.717) is 26.2 Å². The van der Waals surface area contributed by atoms with Crippen molar-refractivity contribution in [1.82, 2.24) is 14.9 Å². The molecule has 1 fully saturated rings. The van der Waals surface area contributed by atoms with Gasteiger partial charge in [-0.15, -0.1) is 0 Å². The summed E-state index contributed by atoms with van der Waals surface area (Å²) >= 11 is 0. The lowest BCUT2D eigenvalue weighted by molar-refractivity contribution is 0.140. The number of alkyl halides is 2. The van der Waals surface area contributed by atoms with E-state index in [0.717, 1.165) is 0 Å². The lowest BCUT2D eigenvalue weighted by Crippen LogP contribution is -2.45. The molecule has 106 valence electrons. The number of piperazine rings is 1. The lowest BCUT2D eigenvalue weighted by Gasteiger charge is -2.33. The fourth-order valence-electron chi connectivity index (χ4n) is 1.87. The third kappa shape index (κ3) is 2.87. The molecule has 0 aliphatic carbocycles. The monoisotopic (exact) mass is 276 g/mol. The zero-order valence-electron chi connectivity index (χ0n) is 10.4. The number of halogens is 3. The van der Waals surface area contributed by atoms with Crippen LogP contribution in [0.15, 0.2) is 0 Å². The van der Waals surface area contributed by atoms with Crippen molar-refractivity contribution in [2.75, 3.05) is 43.6 Å². The number of hydrazine groups is 1. The number of hydrogen-bond acceptors (Lipinski definition) is 6. The summed E-state index contributed by atoms with van der Waals surface area (Å²) in [4.78, 5) is 10.6. The van der Waals surface area contributed by atoms with Crippen molar-refractivity contribution < 1.29 is 13.2 Å². The van der Waals surface area contributed by atoms with Gasteiger partial charge in [-0.25, -0.2) is 24.6 Å². The van der Waals surface area contributed by atoms with Gasteiger partial charge in [0.05, 0.1) is 0 Å². The largest absolute Gasteiger partial charge is 0.351 e. The molecule has 1 aliphatic heterocycles. The number of hydrogen-bond donors (Lipinski definition) is 2. The summed E-state index contributed by atoms with van der Waals surface area (Å²) in [6.07, 6.45) is -2.88. The van der Waals surface area contributed by atoms with Crippen molar-refractivity contribution in [2.24, 2.45) is 5.84 Å². The first kappa shape index (κ1) is 13.8. The van der Waals surface area contributed by atoms with Crippen molar-refractivity contribution in [3.8, 4) is 0 Å². The Kier molecular flexibility index (Phi) is 4.05. The van der Waals surface area contributed by atoms with E-state index in [9.17, 15) is 13.2 Å². The predicted octanol–water partition coefficient (Wildman–Crippen LogP) is 0.591. The standard InChI is InChI=1S/C10H15F3N6/c1-18-2-4-19(5-3-18)10-6(11)8(17-14)15-9(16-10)7(12)13/h7H,2-5,14H2,1H3,(H,15,16,17). The van der Waals surface area contributed by atoms with Gasteiger partial charge >= 0.3 is 0 Å². The fraction of sp³-hybridized carbons (Fsp3) is 0.600. The molecule has 0 aromatic carbocycles. The van der Waals surface area contributed by atoms with Crippen molar-refractivity contribution >= 4 is 11.6 Å². The Hall–Kier alpha value is -1.61. The van der Waals surface area contributed by atoms with Gasteiger partial charge in [-0.2, -0.15) is 4.39 Å². The Balaban J connectivity index is 2.35. The molecular formula is C10H15F3N6. The van der Waals surface area contributed by atoms with Crippen molar-refractivity contribution in [2.45, 2.75) is 6.43 Å². The highest BCUT2D eigenvalue weighted by Gasteiger charge is 2.24. The van der Waals surface area contributed by atoms with Crippen LogP contribution < -0.4 is 16.2 Å². The van der Waals surface area contributed by atoms with E-state index in [1.807, 2.05) is 12.5 Å². The highest BCUT2D eigenvalue weighted by Crippen LogP contribution is 2.26. The van der Waals surface area contributed by atoms with Crippen LogP contribution >= 0.6 is 0 Å². The Morgan fingerprint density at radius 3 is 2.37 bits per heavy atom. The summed E-state index contributed by atoms with van der Waals surface area (Å²) < 4.78 is 39.4. The SMILES string of the molecule is CN1CCN(c2nc(C(F)F)nc(NN)c2F)CC1. The van der Waals surface area contributed by atoms with Crippen LogP contribution in [0.5, 0.6) is 0 Å². The van der Waals surface area contributed by atoms with Crippen molar-refractivity contribution in [3.63, 3.8) is 0 Å². The maximum absolute atomic E-state index is 14.0. The molecular weight excluding hydrogens is 261 g/mol. The number of nitrogens with one attached hydrogen (secondary N) is 1. The van der Waals surface area contributed by atoms with Gasteiger partial charge < -0.3 is 15.2 Å². The maximum atomic E-state index is 14.0. The van der Waals surface area contributed by atoms with Crippen LogP contribution in [-0.4, -0.2) is 48.1 Å². The average molecular weight is 276 g/mol. The minimum atomic E-state index is -2.88. The van der Waals surface area contributed by atoms with E-state index in [1.165, 1.54) is 0 Å². The number of nitrogens with zero attached hydrogens (tertiary/aromatic N) is 4. The second-order valence-corrected chi connectivity index (χ2v) is 4.30. The summed E-state index contributed by atoms with van der Waals surface area (Å²) in [5, 5.41) is 0. The molecule has 0 saturated carbocycles. The van der Waals surface area contributed by atoms with E-state index in [2.05, 4.69) is 14.9 Å². The van der Waals surface area contributed by atoms with Gasteiger partial charge in [0, 0.05) is 26.2 Å². The van der Waals surface area contributed by atoms with Crippen LogP contribution in [0, 0.1) is 5.82 Å². The summed E-state index contributed by atoms with van der Waals surface area (Å²) in [5.74, 6) is 3.00. The second kappa shape index (κ2) is 5.57. The lowest BCUT2D eigenvalue weighted by atomic mass is 10.3. The number of nitrogen functional groups attached to an aromatic ring is 1. The van der Waals surface area contributed by atoms with Gasteiger partial charge in [-0.1, -0.05) is 0 Å². The van der Waals surface area contributed by atoms with Gasteiger partial charge in [0.1, 0.15) is 0 Å². The second-order valence-electron chi connectivity index (χ2n) is 4.30. The molecule has 9 heteroatoms. The molecule has 6 nitrogen and oxygen atoms in total. The highest BCUT2D eigenvalue weighted by atomic mass is 19.3. The van der Waals surface area contributed by atoms with Crippen molar-refractivity contribution in [3.05, 3.63) is 11.6 Å². The summed E-state index contributed by atoms with van der Waals surface area (Å²) in [6, 6.07) is 0. The predicted molar refractivity (Wildman–Crippen MR) is 64.5 cm³/mol. The normalized spacial score (nSPS) is 17.1. The molecule has 2 rings (SSSR count). The number of rotatable bonds is 3. The molecule has 1 saturated heterocycles. The third-order valence-corrected chi connectivity index (χ3v) is 2.99. The number of nitrogens with two attached hydrogens (primary N) is 1. The minimum Gasteiger partial charge on any atom is -0.351 e. The number of aromatic nitrogens is 2. The fourth-order valence-corrected chi connectivity index (χ4v) is 1.87. The molecule has 0 spiro atoms. The highest BCUT2D eigenvalue weighted by molar-refractivity contribution is 5.51. The summed E-state index contributed by atoms with van der Waals surface area (Å²) in [7, 11) is 1.94. The zero-order valence-corrected chi connectivity index (χ0v) is 10.4. The molecule has 1 aromatic rings. The molecule has 0 bridgehead atoms. The first-order valence-corrected chi connectivity index (χ1v) is 5.78. The summed E-state index contributed by atoms with van der Waals surface area (Å²) in [6.45, 7) is 2.44. The van der Waals surface area contributed by atoms with Gasteiger partial charge in [0.2, 0.25) is 5.82 Å². The topological polar surface area (TPSA) is 70.3 Å². The van der Waals surface area contributed by atoms with Crippen LogP contribution in [0.4, 0.5) is 24.8 Å². The van der Waals surface area contributed by atoms with E-state index in [1.54, 1.807) is 4.90 Å². The number of anilines is 2. The molecule has 2 heterocycles. The Labute approximate surface area is 108 Å². The van der Waals surface area contributed by atoms with E-state index in [-0.39, 0.29) is 5.82 Å². The Bertz CT molecular complexity index is 447. The van der Waals surface area contributed by atoms with Gasteiger partial charge in [0.15, 0.2) is 17.5 Å². The van der Waals surface area contributed by atoms with E-state index < -0.39 is 23.9 Å².